The minimum Gasteiger partial charge on any atom is -0.497 e. The number of hydrogen-bond donors (Lipinski definition) is 2. The van der Waals surface area contributed by atoms with Crippen molar-refractivity contribution < 1.29 is 14.3 Å². The maximum absolute atomic E-state index is 12.8. The van der Waals surface area contributed by atoms with Gasteiger partial charge >= 0.3 is 0 Å². The molecule has 5 rings (SSSR count). The number of anilines is 1. The Morgan fingerprint density at radius 2 is 1.75 bits per heavy atom. The van der Waals surface area contributed by atoms with E-state index in [-0.39, 0.29) is 5.91 Å². The number of ether oxygens (including phenoxy) is 2. The van der Waals surface area contributed by atoms with E-state index in [1.807, 2.05) is 66.7 Å². The number of likely N-dealkylation sites (N-methyl/N-ethyl adjacent to an activating group) is 1. The number of fused-ring (bicyclic) bond motifs is 2. The first-order valence-electron chi connectivity index (χ1n) is 12.4. The summed E-state index contributed by atoms with van der Waals surface area (Å²) in [5, 5.41) is 4.06. The number of amides is 1. The highest BCUT2D eigenvalue weighted by Crippen LogP contribution is 2.37. The average molecular weight is 482 g/mol. The molecule has 0 atom stereocenters. The first-order chi connectivity index (χ1) is 17.6. The highest BCUT2D eigenvalue weighted by Gasteiger charge is 2.24. The molecule has 6 heteroatoms. The van der Waals surface area contributed by atoms with Gasteiger partial charge in [-0.05, 0) is 72.8 Å². The van der Waals surface area contributed by atoms with E-state index in [1.54, 1.807) is 7.11 Å². The summed E-state index contributed by atoms with van der Waals surface area (Å²) >= 11 is 0. The summed E-state index contributed by atoms with van der Waals surface area (Å²) in [5.41, 5.74) is 6.29. The second kappa shape index (κ2) is 10.3. The first kappa shape index (κ1) is 23.7. The monoisotopic (exact) mass is 481 g/mol. The molecule has 2 N–H and O–H groups in total. The van der Waals surface area contributed by atoms with Crippen LogP contribution in [0, 0.1) is 0 Å². The van der Waals surface area contributed by atoms with Crippen LogP contribution in [0.25, 0.3) is 33.7 Å². The van der Waals surface area contributed by atoms with E-state index in [1.165, 1.54) is 0 Å². The molecule has 6 nitrogen and oxygen atoms in total. The number of carbonyl (C=O) groups excluding carboxylic acids is 1. The van der Waals surface area contributed by atoms with Gasteiger partial charge in [0.2, 0.25) is 0 Å². The standard InChI is InChI=1S/C30H31N3O3/c1-4-33(5-2)13-14-36-25-10-12-28-22(17-25)15-23(31-28)19-27-26-11-9-21(18-29(26)32-30(27)34)20-7-6-8-24(16-20)35-3/h6-12,15-19,31H,4-5,13-14H2,1-3H3,(H,32,34)/b27-19+. The number of hydrogen-bond acceptors (Lipinski definition) is 4. The Bertz CT molecular complexity index is 1430. The molecule has 0 fully saturated rings. The van der Waals surface area contributed by atoms with Gasteiger partial charge in [0.15, 0.2) is 0 Å². The highest BCUT2D eigenvalue weighted by atomic mass is 16.5. The summed E-state index contributed by atoms with van der Waals surface area (Å²) in [7, 11) is 1.66. The molecule has 2 heterocycles. The van der Waals surface area contributed by atoms with Gasteiger partial charge in [-0.25, -0.2) is 0 Å². The van der Waals surface area contributed by atoms with Gasteiger partial charge in [-0.15, -0.1) is 0 Å². The minimum atomic E-state index is -0.105. The molecule has 1 aliphatic rings. The summed E-state index contributed by atoms with van der Waals surface area (Å²) in [6.07, 6.45) is 1.91. The van der Waals surface area contributed by atoms with Crippen LogP contribution in [-0.4, -0.2) is 49.1 Å². The van der Waals surface area contributed by atoms with Crippen molar-refractivity contribution >= 4 is 34.1 Å². The minimum absolute atomic E-state index is 0.105. The van der Waals surface area contributed by atoms with Crippen LogP contribution in [0.15, 0.2) is 66.7 Å². The van der Waals surface area contributed by atoms with Gasteiger partial charge in [-0.1, -0.05) is 38.1 Å². The summed E-state index contributed by atoms with van der Waals surface area (Å²) in [4.78, 5) is 18.6. The summed E-state index contributed by atoms with van der Waals surface area (Å²) < 4.78 is 11.3. The molecule has 3 aromatic carbocycles. The first-order valence-corrected chi connectivity index (χ1v) is 12.4. The van der Waals surface area contributed by atoms with Gasteiger partial charge in [-0.2, -0.15) is 0 Å². The third-order valence-corrected chi connectivity index (χ3v) is 6.69. The topological polar surface area (TPSA) is 66.6 Å². The molecular weight excluding hydrogens is 450 g/mol. The average Bonchev–Trinajstić information content (AvgIpc) is 3.45. The van der Waals surface area contributed by atoms with E-state index >= 15 is 0 Å². The summed E-state index contributed by atoms with van der Waals surface area (Å²) in [6, 6.07) is 22.0. The van der Waals surface area contributed by atoms with Crippen molar-refractivity contribution in [1.29, 1.82) is 0 Å². The van der Waals surface area contributed by atoms with Crippen molar-refractivity contribution in [3.63, 3.8) is 0 Å². The van der Waals surface area contributed by atoms with E-state index in [4.69, 9.17) is 9.47 Å². The molecule has 0 aliphatic carbocycles. The lowest BCUT2D eigenvalue weighted by Crippen LogP contribution is -2.27. The molecule has 0 bridgehead atoms. The number of rotatable bonds is 9. The molecule has 184 valence electrons. The normalized spacial score (nSPS) is 13.9. The Morgan fingerprint density at radius 1 is 0.917 bits per heavy atom. The fourth-order valence-corrected chi connectivity index (χ4v) is 4.61. The van der Waals surface area contributed by atoms with Crippen molar-refractivity contribution in [1.82, 2.24) is 9.88 Å². The number of nitrogens with zero attached hydrogens (tertiary/aromatic N) is 1. The number of benzene rings is 3. The van der Waals surface area contributed by atoms with Gasteiger partial charge in [0, 0.05) is 34.4 Å². The number of aromatic amines is 1. The van der Waals surface area contributed by atoms with Crippen LogP contribution in [0.1, 0.15) is 25.1 Å². The fraction of sp³-hybridized carbons (Fsp3) is 0.233. The van der Waals surface area contributed by atoms with Crippen molar-refractivity contribution in [2.24, 2.45) is 0 Å². The lowest BCUT2D eigenvalue weighted by Gasteiger charge is -2.17. The number of H-pyrrole nitrogens is 1. The van der Waals surface area contributed by atoms with Crippen LogP contribution >= 0.6 is 0 Å². The van der Waals surface area contributed by atoms with Gasteiger partial charge in [0.25, 0.3) is 5.91 Å². The van der Waals surface area contributed by atoms with Crippen molar-refractivity contribution in [3.05, 3.63) is 78.0 Å². The predicted octanol–water partition coefficient (Wildman–Crippen LogP) is 6.06. The molecular formula is C30H31N3O3. The Kier molecular flexibility index (Phi) is 6.78. The van der Waals surface area contributed by atoms with E-state index < -0.39 is 0 Å². The van der Waals surface area contributed by atoms with Crippen LogP contribution in [0.4, 0.5) is 5.69 Å². The van der Waals surface area contributed by atoms with Crippen LogP contribution in [-0.2, 0) is 4.79 Å². The third-order valence-electron chi connectivity index (χ3n) is 6.69. The highest BCUT2D eigenvalue weighted by molar-refractivity contribution is 6.35. The van der Waals surface area contributed by atoms with Crippen LogP contribution in [0.3, 0.4) is 0 Å². The third kappa shape index (κ3) is 4.86. The smallest absolute Gasteiger partial charge is 0.256 e. The Balaban J connectivity index is 1.37. The van der Waals surface area contributed by atoms with Gasteiger partial charge in [0.1, 0.15) is 18.1 Å². The molecule has 0 spiro atoms. The Morgan fingerprint density at radius 3 is 2.56 bits per heavy atom. The Hall–Kier alpha value is -4.03. The number of aromatic nitrogens is 1. The molecule has 4 aromatic rings. The van der Waals surface area contributed by atoms with Crippen molar-refractivity contribution in [3.8, 4) is 22.6 Å². The van der Waals surface area contributed by atoms with Crippen LogP contribution in [0.5, 0.6) is 11.5 Å². The van der Waals surface area contributed by atoms with E-state index in [9.17, 15) is 4.79 Å². The molecule has 0 unspecified atom stereocenters. The predicted molar refractivity (Wildman–Crippen MR) is 147 cm³/mol. The molecule has 1 amide bonds. The molecule has 1 aliphatic heterocycles. The molecule has 0 radical (unpaired) electrons. The largest absolute Gasteiger partial charge is 0.497 e. The number of carbonyl (C=O) groups is 1. The van der Waals surface area contributed by atoms with Gasteiger partial charge in [-0.3, -0.25) is 4.79 Å². The lowest BCUT2D eigenvalue weighted by atomic mass is 10.00. The quantitative estimate of drug-likeness (QED) is 0.285. The molecule has 0 saturated heterocycles. The summed E-state index contributed by atoms with van der Waals surface area (Å²) in [6.45, 7) is 7.93. The molecule has 0 saturated carbocycles. The van der Waals surface area contributed by atoms with Gasteiger partial charge in [0.05, 0.1) is 12.7 Å². The number of methoxy groups -OCH3 is 1. The SMILES string of the molecule is CCN(CC)CCOc1ccc2[nH]c(/C=C3/C(=O)Nc4cc(-c5cccc(OC)c5)ccc43)cc2c1. The Labute approximate surface area is 211 Å². The maximum Gasteiger partial charge on any atom is 0.256 e. The zero-order chi connectivity index (χ0) is 25.1. The second-order valence-corrected chi connectivity index (χ2v) is 8.85. The van der Waals surface area contributed by atoms with Crippen molar-refractivity contribution in [2.75, 3.05) is 38.7 Å². The number of nitrogens with one attached hydrogen (secondary N) is 2. The molecule has 1 aromatic heterocycles. The fourth-order valence-electron chi connectivity index (χ4n) is 4.61. The maximum atomic E-state index is 12.8. The summed E-state index contributed by atoms with van der Waals surface area (Å²) in [5.74, 6) is 1.54. The van der Waals surface area contributed by atoms with E-state index in [0.717, 1.165) is 70.1 Å². The lowest BCUT2D eigenvalue weighted by molar-refractivity contribution is -0.110. The van der Waals surface area contributed by atoms with E-state index in [0.29, 0.717) is 12.2 Å². The van der Waals surface area contributed by atoms with Crippen LogP contribution in [0.2, 0.25) is 0 Å². The van der Waals surface area contributed by atoms with Crippen LogP contribution < -0.4 is 14.8 Å². The van der Waals surface area contributed by atoms with Crippen molar-refractivity contribution in [2.45, 2.75) is 13.8 Å². The second-order valence-electron chi connectivity index (χ2n) is 8.85. The van der Waals surface area contributed by atoms with Gasteiger partial charge < -0.3 is 24.7 Å². The molecule has 36 heavy (non-hydrogen) atoms. The zero-order valence-electron chi connectivity index (χ0n) is 20.9. The van der Waals surface area contributed by atoms with E-state index in [2.05, 4.69) is 35.1 Å². The zero-order valence-corrected chi connectivity index (χ0v) is 20.9.